The maximum atomic E-state index is 13.4. The Balaban J connectivity index is 1.98. The number of sulfonamides is 1. The first-order valence-electron chi connectivity index (χ1n) is 6.50. The van der Waals surface area contributed by atoms with Crippen LogP contribution in [0.2, 0.25) is 0 Å². The third kappa shape index (κ3) is 4.06. The zero-order chi connectivity index (χ0) is 16.2. The number of nitrogens with zero attached hydrogens (tertiary/aromatic N) is 1. The highest BCUT2D eigenvalue weighted by Gasteiger charge is 2.20. The predicted molar refractivity (Wildman–Crippen MR) is 85.9 cm³/mol. The van der Waals surface area contributed by atoms with Crippen LogP contribution >= 0.6 is 15.9 Å². The summed E-state index contributed by atoms with van der Waals surface area (Å²) in [5.41, 5.74) is 0. The van der Waals surface area contributed by atoms with Crippen molar-refractivity contribution in [3.63, 3.8) is 0 Å². The third-order valence-electron chi connectivity index (χ3n) is 3.02. The van der Waals surface area contributed by atoms with Crippen molar-refractivity contribution in [2.24, 2.45) is 0 Å². The van der Waals surface area contributed by atoms with Crippen molar-refractivity contribution in [3.05, 3.63) is 58.8 Å². The van der Waals surface area contributed by atoms with Gasteiger partial charge in [0.1, 0.15) is 6.61 Å². The first-order chi connectivity index (χ1) is 10.4. The molecule has 22 heavy (non-hydrogen) atoms. The van der Waals surface area contributed by atoms with Crippen molar-refractivity contribution >= 4 is 26.0 Å². The summed E-state index contributed by atoms with van der Waals surface area (Å²) in [5, 5.41) is 0. The second-order valence-electron chi connectivity index (χ2n) is 4.56. The van der Waals surface area contributed by atoms with E-state index in [1.807, 2.05) is 0 Å². The second kappa shape index (κ2) is 7.21. The zero-order valence-electron chi connectivity index (χ0n) is 11.9. The second-order valence-corrected chi connectivity index (χ2v) is 7.52. The van der Waals surface area contributed by atoms with Crippen LogP contribution in [0, 0.1) is 5.82 Å². The zero-order valence-corrected chi connectivity index (χ0v) is 14.3. The van der Waals surface area contributed by atoms with Gasteiger partial charge in [-0.1, -0.05) is 28.1 Å². The monoisotopic (exact) mass is 387 g/mol. The van der Waals surface area contributed by atoms with Crippen LogP contribution in [0.1, 0.15) is 0 Å². The van der Waals surface area contributed by atoms with Crippen LogP contribution in [0.3, 0.4) is 0 Å². The molecule has 0 N–H and O–H groups in total. The number of hydrogen-bond acceptors (Lipinski definition) is 3. The van der Waals surface area contributed by atoms with Gasteiger partial charge in [0.15, 0.2) is 11.6 Å². The summed E-state index contributed by atoms with van der Waals surface area (Å²) in [6.07, 6.45) is 0. The van der Waals surface area contributed by atoms with E-state index < -0.39 is 15.8 Å². The normalized spacial score (nSPS) is 11.6. The molecule has 0 aliphatic carbocycles. The summed E-state index contributed by atoms with van der Waals surface area (Å²) >= 11 is 3.26. The number of ether oxygens (including phenoxy) is 1. The average molecular weight is 388 g/mol. The van der Waals surface area contributed by atoms with Gasteiger partial charge in [-0.2, -0.15) is 4.31 Å². The van der Waals surface area contributed by atoms with Crippen LogP contribution in [0.4, 0.5) is 4.39 Å². The minimum Gasteiger partial charge on any atom is -0.489 e. The van der Waals surface area contributed by atoms with E-state index in [4.69, 9.17) is 4.74 Å². The van der Waals surface area contributed by atoms with E-state index in [1.165, 1.54) is 35.6 Å². The summed E-state index contributed by atoms with van der Waals surface area (Å²) in [5.74, 6) is -0.363. The first kappa shape index (κ1) is 16.9. The van der Waals surface area contributed by atoms with Crippen molar-refractivity contribution < 1.29 is 17.5 Å². The summed E-state index contributed by atoms with van der Waals surface area (Å²) in [6.45, 7) is 0.180. The average Bonchev–Trinajstić information content (AvgIpc) is 2.49. The molecule has 0 aromatic heterocycles. The molecular weight excluding hydrogens is 373 g/mol. The Hall–Kier alpha value is -1.44. The Morgan fingerprint density at radius 3 is 2.41 bits per heavy atom. The highest BCUT2D eigenvalue weighted by Crippen LogP contribution is 2.18. The Bertz CT molecular complexity index is 735. The molecule has 118 valence electrons. The summed E-state index contributed by atoms with van der Waals surface area (Å²) in [7, 11) is -2.12. The fourth-order valence-electron chi connectivity index (χ4n) is 1.75. The lowest BCUT2D eigenvalue weighted by Crippen LogP contribution is -2.31. The topological polar surface area (TPSA) is 46.6 Å². The molecule has 0 aliphatic heterocycles. The highest BCUT2D eigenvalue weighted by atomic mass is 79.9. The van der Waals surface area contributed by atoms with Gasteiger partial charge in [0.25, 0.3) is 0 Å². The van der Waals surface area contributed by atoms with Gasteiger partial charge in [-0.05, 0) is 36.4 Å². The minimum absolute atomic E-state index is 0.0627. The van der Waals surface area contributed by atoms with Crippen molar-refractivity contribution in [3.8, 4) is 5.75 Å². The fourth-order valence-corrected chi connectivity index (χ4v) is 3.17. The number of rotatable bonds is 6. The van der Waals surface area contributed by atoms with Crippen LogP contribution in [-0.2, 0) is 10.0 Å². The molecule has 2 aromatic carbocycles. The lowest BCUT2D eigenvalue weighted by molar-refractivity contribution is 0.275. The molecule has 0 atom stereocenters. The van der Waals surface area contributed by atoms with Crippen LogP contribution in [0.15, 0.2) is 57.9 Å². The van der Waals surface area contributed by atoms with Gasteiger partial charge in [-0.25, -0.2) is 12.8 Å². The van der Waals surface area contributed by atoms with Crippen molar-refractivity contribution in [2.75, 3.05) is 20.2 Å². The molecule has 0 fully saturated rings. The van der Waals surface area contributed by atoms with Crippen molar-refractivity contribution in [1.29, 1.82) is 0 Å². The first-order valence-corrected chi connectivity index (χ1v) is 8.74. The van der Waals surface area contributed by atoms with Crippen LogP contribution in [0.5, 0.6) is 5.75 Å². The van der Waals surface area contributed by atoms with Crippen molar-refractivity contribution in [1.82, 2.24) is 4.31 Å². The molecule has 0 aliphatic rings. The molecule has 0 unspecified atom stereocenters. The Morgan fingerprint density at radius 2 is 1.77 bits per heavy atom. The van der Waals surface area contributed by atoms with E-state index >= 15 is 0 Å². The molecule has 0 saturated heterocycles. The van der Waals surface area contributed by atoms with E-state index in [9.17, 15) is 12.8 Å². The van der Waals surface area contributed by atoms with Crippen molar-refractivity contribution in [2.45, 2.75) is 4.90 Å². The Morgan fingerprint density at radius 1 is 1.14 bits per heavy atom. The molecule has 0 radical (unpaired) electrons. The number of benzene rings is 2. The maximum Gasteiger partial charge on any atom is 0.242 e. The molecule has 0 amide bonds. The summed E-state index contributed by atoms with van der Waals surface area (Å²) < 4.78 is 45.3. The van der Waals surface area contributed by atoms with Crippen LogP contribution in [-0.4, -0.2) is 32.9 Å². The maximum absolute atomic E-state index is 13.4. The standard InChI is InChI=1S/C15H15BrFNO3S/c1-18(10-11-21-15-5-3-2-4-14(15)17)22(19,20)13-8-6-12(16)7-9-13/h2-9H,10-11H2,1H3. The van der Waals surface area contributed by atoms with E-state index in [-0.39, 0.29) is 23.8 Å². The molecular formula is C15H15BrFNO3S. The third-order valence-corrected chi connectivity index (χ3v) is 5.42. The smallest absolute Gasteiger partial charge is 0.242 e. The predicted octanol–water partition coefficient (Wildman–Crippen LogP) is 3.29. The van der Waals surface area contributed by atoms with Gasteiger partial charge in [-0.15, -0.1) is 0 Å². The lowest BCUT2D eigenvalue weighted by atomic mass is 10.3. The van der Waals surface area contributed by atoms with Gasteiger partial charge in [0.05, 0.1) is 4.90 Å². The van der Waals surface area contributed by atoms with E-state index in [0.29, 0.717) is 0 Å². The summed E-state index contributed by atoms with van der Waals surface area (Å²) in [6, 6.07) is 12.4. The molecule has 4 nitrogen and oxygen atoms in total. The summed E-state index contributed by atoms with van der Waals surface area (Å²) in [4.78, 5) is 0.198. The SMILES string of the molecule is CN(CCOc1ccccc1F)S(=O)(=O)c1ccc(Br)cc1. The molecule has 0 bridgehead atoms. The van der Waals surface area contributed by atoms with E-state index in [0.717, 1.165) is 4.47 Å². The fraction of sp³-hybridized carbons (Fsp3) is 0.200. The van der Waals surface area contributed by atoms with E-state index in [1.54, 1.807) is 24.3 Å². The number of likely N-dealkylation sites (N-methyl/N-ethyl adjacent to an activating group) is 1. The molecule has 0 saturated carbocycles. The number of hydrogen-bond donors (Lipinski definition) is 0. The van der Waals surface area contributed by atoms with E-state index in [2.05, 4.69) is 15.9 Å². The van der Waals surface area contributed by atoms with Crippen LogP contribution < -0.4 is 4.74 Å². The number of halogens is 2. The molecule has 2 rings (SSSR count). The molecule has 7 heteroatoms. The van der Waals surface area contributed by atoms with Gasteiger partial charge in [0, 0.05) is 18.1 Å². The minimum atomic E-state index is -3.58. The van der Waals surface area contributed by atoms with Gasteiger partial charge in [-0.3, -0.25) is 0 Å². The Labute approximate surface area is 137 Å². The number of para-hydroxylation sites is 1. The largest absolute Gasteiger partial charge is 0.489 e. The lowest BCUT2D eigenvalue weighted by Gasteiger charge is -2.17. The quantitative estimate of drug-likeness (QED) is 0.763. The molecule has 2 aromatic rings. The van der Waals surface area contributed by atoms with Gasteiger partial charge >= 0.3 is 0 Å². The van der Waals surface area contributed by atoms with Crippen LogP contribution in [0.25, 0.3) is 0 Å². The Kier molecular flexibility index (Phi) is 5.55. The van der Waals surface area contributed by atoms with Gasteiger partial charge < -0.3 is 4.74 Å². The highest BCUT2D eigenvalue weighted by molar-refractivity contribution is 9.10. The van der Waals surface area contributed by atoms with Gasteiger partial charge in [0.2, 0.25) is 10.0 Å². The molecule has 0 spiro atoms. The molecule has 0 heterocycles.